The largest absolute Gasteiger partial charge is 0.372 e. The maximum atomic E-state index is 5.64. The molecule has 0 aliphatic carbocycles. The fourth-order valence-corrected chi connectivity index (χ4v) is 1.83. The molecule has 2 nitrogen and oxygen atoms in total. The van der Waals surface area contributed by atoms with Gasteiger partial charge in [-0.25, -0.2) is 0 Å². The number of rotatable bonds is 6. The van der Waals surface area contributed by atoms with Gasteiger partial charge < -0.3 is 10.1 Å². The molecule has 1 aromatic rings. The number of benzene rings is 1. The average molecular weight is 312 g/mol. The Labute approximate surface area is 119 Å². The van der Waals surface area contributed by atoms with Gasteiger partial charge in [-0.05, 0) is 44.0 Å². The lowest BCUT2D eigenvalue weighted by atomic mass is 10.1. The summed E-state index contributed by atoms with van der Waals surface area (Å²) in [6.07, 6.45) is 0. The molecule has 0 aliphatic rings. The van der Waals surface area contributed by atoms with Crippen molar-refractivity contribution < 1.29 is 4.74 Å². The van der Waals surface area contributed by atoms with Gasteiger partial charge in [-0.1, -0.05) is 34.6 Å². The van der Waals surface area contributed by atoms with Crippen molar-refractivity contribution in [3.8, 4) is 0 Å². The molecule has 3 heteroatoms. The van der Waals surface area contributed by atoms with Crippen LogP contribution in [0.3, 0.4) is 0 Å². The molecule has 0 atom stereocenters. The van der Waals surface area contributed by atoms with Crippen molar-refractivity contribution in [1.29, 1.82) is 0 Å². The molecule has 1 rings (SSSR count). The van der Waals surface area contributed by atoms with Crippen LogP contribution in [-0.4, -0.2) is 18.7 Å². The van der Waals surface area contributed by atoms with Crippen LogP contribution in [0.25, 0.3) is 0 Å². The van der Waals surface area contributed by atoms with Crippen molar-refractivity contribution in [2.24, 2.45) is 0 Å². The summed E-state index contributed by atoms with van der Waals surface area (Å²) in [6.45, 7) is 12.4. The first kappa shape index (κ1) is 15.4. The number of hydrogen-bond donors (Lipinski definition) is 1. The van der Waals surface area contributed by atoms with Gasteiger partial charge in [0.25, 0.3) is 0 Å². The fourth-order valence-electron chi connectivity index (χ4n) is 1.38. The predicted octanol–water partition coefficient (Wildman–Crippen LogP) is 3.91. The second kappa shape index (κ2) is 7.07. The van der Waals surface area contributed by atoms with Gasteiger partial charge in [0.15, 0.2) is 0 Å². The van der Waals surface area contributed by atoms with Crippen molar-refractivity contribution in [1.82, 2.24) is 5.32 Å². The Balaban J connectivity index is 2.23. The van der Waals surface area contributed by atoms with Crippen molar-refractivity contribution in [2.45, 2.75) is 32.9 Å². The van der Waals surface area contributed by atoms with E-state index in [-0.39, 0.29) is 5.54 Å². The molecule has 1 aromatic carbocycles. The molecule has 0 saturated heterocycles. The second-order valence-electron chi connectivity index (χ2n) is 5.48. The molecule has 0 spiro atoms. The van der Waals surface area contributed by atoms with Gasteiger partial charge in [0.2, 0.25) is 0 Å². The van der Waals surface area contributed by atoms with Crippen molar-refractivity contribution >= 4 is 15.9 Å². The Bertz CT molecular complexity index is 396. The third kappa shape index (κ3) is 6.94. The van der Waals surface area contributed by atoms with E-state index >= 15 is 0 Å². The first-order chi connectivity index (χ1) is 8.37. The molecular formula is C15H22BrNO. The van der Waals surface area contributed by atoms with Crippen LogP contribution in [0.4, 0.5) is 0 Å². The maximum absolute atomic E-state index is 5.64. The van der Waals surface area contributed by atoms with Crippen LogP contribution in [0, 0.1) is 0 Å². The van der Waals surface area contributed by atoms with Gasteiger partial charge in [-0.3, -0.25) is 0 Å². The van der Waals surface area contributed by atoms with E-state index in [0.717, 1.165) is 16.6 Å². The molecule has 0 radical (unpaired) electrons. The minimum absolute atomic E-state index is 0.118. The Hall–Kier alpha value is -0.640. The number of halogens is 1. The maximum Gasteiger partial charge on any atom is 0.0721 e. The SMILES string of the molecule is C=C(CNC(C)(C)C)COCc1cccc(Br)c1. The molecule has 0 amide bonds. The first-order valence-electron chi connectivity index (χ1n) is 6.11. The molecule has 0 bridgehead atoms. The number of ether oxygens (including phenoxy) is 1. The Morgan fingerprint density at radius 2 is 2.11 bits per heavy atom. The molecular weight excluding hydrogens is 290 g/mol. The molecule has 0 saturated carbocycles. The van der Waals surface area contributed by atoms with Gasteiger partial charge in [-0.15, -0.1) is 0 Å². The standard InChI is InChI=1S/C15H22BrNO/c1-12(9-17-15(2,3)4)10-18-11-13-6-5-7-14(16)8-13/h5-8,17H,1,9-11H2,2-4H3. The fraction of sp³-hybridized carbons (Fsp3) is 0.467. The van der Waals surface area contributed by atoms with E-state index in [0.29, 0.717) is 13.2 Å². The summed E-state index contributed by atoms with van der Waals surface area (Å²) in [5.41, 5.74) is 2.36. The van der Waals surface area contributed by atoms with Crippen molar-refractivity contribution in [3.63, 3.8) is 0 Å². The summed E-state index contributed by atoms with van der Waals surface area (Å²) < 4.78 is 6.72. The van der Waals surface area contributed by atoms with Crippen molar-refractivity contribution in [3.05, 3.63) is 46.5 Å². The van der Waals surface area contributed by atoms with Crippen LogP contribution >= 0.6 is 15.9 Å². The van der Waals surface area contributed by atoms with Gasteiger partial charge >= 0.3 is 0 Å². The monoisotopic (exact) mass is 311 g/mol. The zero-order valence-corrected chi connectivity index (χ0v) is 13.0. The molecule has 0 aliphatic heterocycles. The summed E-state index contributed by atoms with van der Waals surface area (Å²) in [7, 11) is 0. The average Bonchev–Trinajstić information content (AvgIpc) is 2.25. The third-order valence-corrected chi connectivity index (χ3v) is 2.83. The van der Waals surface area contributed by atoms with Crippen LogP contribution in [0.15, 0.2) is 40.9 Å². The molecule has 0 fully saturated rings. The topological polar surface area (TPSA) is 21.3 Å². The summed E-state index contributed by atoms with van der Waals surface area (Å²) in [5.74, 6) is 0. The van der Waals surface area contributed by atoms with E-state index < -0.39 is 0 Å². The van der Waals surface area contributed by atoms with E-state index in [1.807, 2.05) is 12.1 Å². The van der Waals surface area contributed by atoms with Gasteiger partial charge in [-0.2, -0.15) is 0 Å². The van der Waals surface area contributed by atoms with Crippen LogP contribution in [0.2, 0.25) is 0 Å². The van der Waals surface area contributed by atoms with Crippen LogP contribution in [-0.2, 0) is 11.3 Å². The minimum atomic E-state index is 0.118. The lowest BCUT2D eigenvalue weighted by Gasteiger charge is -2.21. The summed E-state index contributed by atoms with van der Waals surface area (Å²) in [5, 5.41) is 3.39. The highest BCUT2D eigenvalue weighted by atomic mass is 79.9. The van der Waals surface area contributed by atoms with Crippen LogP contribution in [0.5, 0.6) is 0 Å². The normalized spacial score (nSPS) is 11.6. The highest BCUT2D eigenvalue weighted by Gasteiger charge is 2.08. The van der Waals surface area contributed by atoms with Gasteiger partial charge in [0.05, 0.1) is 13.2 Å². The lowest BCUT2D eigenvalue weighted by Crippen LogP contribution is -2.37. The molecule has 1 N–H and O–H groups in total. The molecule has 18 heavy (non-hydrogen) atoms. The molecule has 0 aromatic heterocycles. The minimum Gasteiger partial charge on any atom is -0.372 e. The second-order valence-corrected chi connectivity index (χ2v) is 6.39. The van der Waals surface area contributed by atoms with E-state index in [2.05, 4.69) is 60.7 Å². The van der Waals surface area contributed by atoms with Crippen LogP contribution < -0.4 is 5.32 Å². The Morgan fingerprint density at radius 3 is 2.72 bits per heavy atom. The van der Waals surface area contributed by atoms with Crippen molar-refractivity contribution in [2.75, 3.05) is 13.2 Å². The van der Waals surface area contributed by atoms with Gasteiger partial charge in [0, 0.05) is 16.6 Å². The summed E-state index contributed by atoms with van der Waals surface area (Å²) >= 11 is 3.45. The quantitative estimate of drug-likeness (QED) is 0.804. The molecule has 0 unspecified atom stereocenters. The zero-order valence-electron chi connectivity index (χ0n) is 11.4. The lowest BCUT2D eigenvalue weighted by molar-refractivity contribution is 0.140. The number of hydrogen-bond acceptors (Lipinski definition) is 2. The van der Waals surface area contributed by atoms with E-state index in [1.54, 1.807) is 0 Å². The van der Waals surface area contributed by atoms with E-state index in [9.17, 15) is 0 Å². The third-order valence-electron chi connectivity index (χ3n) is 2.33. The summed E-state index contributed by atoms with van der Waals surface area (Å²) in [4.78, 5) is 0. The highest BCUT2D eigenvalue weighted by molar-refractivity contribution is 9.10. The van der Waals surface area contributed by atoms with E-state index in [4.69, 9.17) is 4.74 Å². The molecule has 0 heterocycles. The predicted molar refractivity (Wildman–Crippen MR) is 80.7 cm³/mol. The summed E-state index contributed by atoms with van der Waals surface area (Å²) in [6, 6.07) is 8.14. The Kier molecular flexibility index (Phi) is 6.06. The smallest absolute Gasteiger partial charge is 0.0721 e. The Morgan fingerprint density at radius 1 is 1.39 bits per heavy atom. The highest BCUT2D eigenvalue weighted by Crippen LogP contribution is 2.12. The number of nitrogens with one attached hydrogen (secondary N) is 1. The van der Waals surface area contributed by atoms with E-state index in [1.165, 1.54) is 5.56 Å². The first-order valence-corrected chi connectivity index (χ1v) is 6.90. The van der Waals surface area contributed by atoms with Gasteiger partial charge in [0.1, 0.15) is 0 Å². The zero-order chi connectivity index (χ0) is 13.6. The van der Waals surface area contributed by atoms with Crippen LogP contribution in [0.1, 0.15) is 26.3 Å². The molecule has 100 valence electrons.